The lowest BCUT2D eigenvalue weighted by atomic mass is 9.91. The number of benzene rings is 4. The molecule has 0 saturated heterocycles. The summed E-state index contributed by atoms with van der Waals surface area (Å²) in [6.07, 6.45) is -0.383. The zero-order valence-corrected chi connectivity index (χ0v) is 16.6. The fourth-order valence-electron chi connectivity index (χ4n) is 3.55. The van der Waals surface area contributed by atoms with Crippen LogP contribution in [-0.2, 0) is 0 Å². The highest BCUT2D eigenvalue weighted by atomic mass is 16.5. The molecule has 1 atom stereocenters. The van der Waals surface area contributed by atoms with Gasteiger partial charge in [-0.3, -0.25) is 0 Å². The SMILES string of the molecule is [CH2]C(Oc1ccccc1)c1c(-c2ccc(OC)cc2)ccc2cc(OC)ccc12. The lowest BCUT2D eigenvalue weighted by Gasteiger charge is -2.21. The minimum atomic E-state index is -0.383. The van der Waals surface area contributed by atoms with E-state index in [1.165, 1.54) is 0 Å². The molecule has 145 valence electrons. The van der Waals surface area contributed by atoms with Crippen molar-refractivity contribution in [2.24, 2.45) is 0 Å². The molecule has 4 aromatic carbocycles. The lowest BCUT2D eigenvalue weighted by molar-refractivity contribution is 0.255. The number of hydrogen-bond acceptors (Lipinski definition) is 3. The molecule has 0 amide bonds. The van der Waals surface area contributed by atoms with Crippen LogP contribution in [0, 0.1) is 6.92 Å². The average Bonchev–Trinajstić information content (AvgIpc) is 2.78. The monoisotopic (exact) mass is 383 g/mol. The van der Waals surface area contributed by atoms with Gasteiger partial charge in [0.1, 0.15) is 23.4 Å². The summed E-state index contributed by atoms with van der Waals surface area (Å²) in [4.78, 5) is 0. The van der Waals surface area contributed by atoms with Crippen LogP contribution in [0.1, 0.15) is 11.7 Å². The van der Waals surface area contributed by atoms with Crippen molar-refractivity contribution in [3.05, 3.63) is 97.4 Å². The van der Waals surface area contributed by atoms with E-state index in [4.69, 9.17) is 14.2 Å². The first-order valence-corrected chi connectivity index (χ1v) is 9.49. The van der Waals surface area contributed by atoms with E-state index in [-0.39, 0.29) is 6.10 Å². The van der Waals surface area contributed by atoms with Gasteiger partial charge in [0, 0.05) is 5.56 Å². The van der Waals surface area contributed by atoms with Crippen molar-refractivity contribution in [1.29, 1.82) is 0 Å². The molecular weight excluding hydrogens is 360 g/mol. The fourth-order valence-corrected chi connectivity index (χ4v) is 3.55. The van der Waals surface area contributed by atoms with Crippen molar-refractivity contribution in [1.82, 2.24) is 0 Å². The molecule has 0 heterocycles. The second-order valence-electron chi connectivity index (χ2n) is 6.76. The van der Waals surface area contributed by atoms with Crippen molar-refractivity contribution in [2.75, 3.05) is 14.2 Å². The van der Waals surface area contributed by atoms with Gasteiger partial charge in [-0.25, -0.2) is 0 Å². The highest BCUT2D eigenvalue weighted by Gasteiger charge is 2.18. The highest BCUT2D eigenvalue weighted by Crippen LogP contribution is 2.38. The molecule has 29 heavy (non-hydrogen) atoms. The van der Waals surface area contributed by atoms with Gasteiger partial charge in [0.2, 0.25) is 0 Å². The Labute approximate surface area is 171 Å². The van der Waals surface area contributed by atoms with Crippen molar-refractivity contribution < 1.29 is 14.2 Å². The first-order valence-electron chi connectivity index (χ1n) is 9.49. The summed E-state index contributed by atoms with van der Waals surface area (Å²) in [5.74, 6) is 2.44. The standard InChI is InChI=1S/C26H23O3/c1-18(29-22-7-5-4-6-8-22)26-24(19-9-12-21(27-2)13-10-19)15-11-20-17-23(28-3)14-16-25(20)26/h4-18H,1H2,2-3H3. The van der Waals surface area contributed by atoms with Gasteiger partial charge < -0.3 is 14.2 Å². The van der Waals surface area contributed by atoms with Gasteiger partial charge in [-0.05, 0) is 65.2 Å². The molecule has 0 aromatic heterocycles. The average molecular weight is 383 g/mol. The second-order valence-corrected chi connectivity index (χ2v) is 6.76. The van der Waals surface area contributed by atoms with Crippen LogP contribution in [0.2, 0.25) is 0 Å². The van der Waals surface area contributed by atoms with E-state index in [9.17, 15) is 0 Å². The van der Waals surface area contributed by atoms with Gasteiger partial charge in [-0.15, -0.1) is 0 Å². The van der Waals surface area contributed by atoms with Crippen molar-refractivity contribution in [2.45, 2.75) is 6.10 Å². The number of rotatable bonds is 6. The first kappa shape index (κ1) is 18.9. The van der Waals surface area contributed by atoms with Crippen LogP contribution in [0.15, 0.2) is 84.9 Å². The van der Waals surface area contributed by atoms with Gasteiger partial charge in [0.25, 0.3) is 0 Å². The minimum absolute atomic E-state index is 0.383. The maximum Gasteiger partial charge on any atom is 0.125 e. The Kier molecular flexibility index (Phi) is 5.39. The van der Waals surface area contributed by atoms with Gasteiger partial charge in [-0.1, -0.05) is 48.5 Å². The van der Waals surface area contributed by atoms with E-state index < -0.39 is 0 Å². The smallest absolute Gasteiger partial charge is 0.125 e. The van der Waals surface area contributed by atoms with Crippen LogP contribution in [0.3, 0.4) is 0 Å². The van der Waals surface area contributed by atoms with E-state index >= 15 is 0 Å². The summed E-state index contributed by atoms with van der Waals surface area (Å²) >= 11 is 0. The van der Waals surface area contributed by atoms with E-state index in [2.05, 4.69) is 37.3 Å². The Morgan fingerprint density at radius 2 is 1.38 bits per heavy atom. The molecule has 0 bridgehead atoms. The molecular formula is C26H23O3. The van der Waals surface area contributed by atoms with Gasteiger partial charge >= 0.3 is 0 Å². The number of ether oxygens (including phenoxy) is 3. The molecule has 3 heteroatoms. The summed E-state index contributed by atoms with van der Waals surface area (Å²) in [5.41, 5.74) is 3.21. The molecule has 0 spiro atoms. The third kappa shape index (κ3) is 3.90. The second kappa shape index (κ2) is 8.27. The summed E-state index contributed by atoms with van der Waals surface area (Å²) in [6.45, 7) is 4.34. The summed E-state index contributed by atoms with van der Waals surface area (Å²) in [7, 11) is 3.35. The van der Waals surface area contributed by atoms with Crippen molar-refractivity contribution >= 4 is 10.8 Å². The molecule has 4 rings (SSSR count). The summed E-state index contributed by atoms with van der Waals surface area (Å²) in [6, 6.07) is 28.1. The molecule has 0 aliphatic rings. The third-order valence-electron chi connectivity index (χ3n) is 5.01. The van der Waals surface area contributed by atoms with Crippen molar-refractivity contribution in [3.8, 4) is 28.4 Å². The predicted molar refractivity (Wildman–Crippen MR) is 118 cm³/mol. The van der Waals surface area contributed by atoms with E-state index in [1.54, 1.807) is 14.2 Å². The van der Waals surface area contributed by atoms with Crippen LogP contribution in [0.5, 0.6) is 17.2 Å². The molecule has 1 unspecified atom stereocenters. The zero-order chi connectivity index (χ0) is 20.2. The number of hydrogen-bond donors (Lipinski definition) is 0. The number of methoxy groups -OCH3 is 2. The summed E-state index contributed by atoms with van der Waals surface area (Å²) in [5, 5.41) is 2.18. The molecule has 0 N–H and O–H groups in total. The van der Waals surface area contributed by atoms with Crippen LogP contribution < -0.4 is 14.2 Å². The molecule has 0 fully saturated rings. The van der Waals surface area contributed by atoms with Crippen LogP contribution >= 0.6 is 0 Å². The van der Waals surface area contributed by atoms with E-state index in [0.717, 1.165) is 44.7 Å². The maximum atomic E-state index is 6.21. The van der Waals surface area contributed by atoms with E-state index in [1.807, 2.05) is 54.6 Å². The number of fused-ring (bicyclic) bond motifs is 1. The van der Waals surface area contributed by atoms with Gasteiger partial charge in [0.05, 0.1) is 14.2 Å². The van der Waals surface area contributed by atoms with Crippen LogP contribution in [-0.4, -0.2) is 14.2 Å². The Balaban J connectivity index is 1.86. The predicted octanol–water partition coefficient (Wildman–Crippen LogP) is 6.48. The first-order chi connectivity index (χ1) is 14.2. The quantitative estimate of drug-likeness (QED) is 0.381. The highest BCUT2D eigenvalue weighted by molar-refractivity contribution is 5.93. The maximum absolute atomic E-state index is 6.21. The van der Waals surface area contributed by atoms with Crippen LogP contribution in [0.4, 0.5) is 0 Å². The van der Waals surface area contributed by atoms with Gasteiger partial charge in [0.15, 0.2) is 0 Å². The number of para-hydroxylation sites is 1. The lowest BCUT2D eigenvalue weighted by Crippen LogP contribution is -2.06. The third-order valence-corrected chi connectivity index (χ3v) is 5.01. The molecule has 0 aliphatic carbocycles. The molecule has 4 aromatic rings. The molecule has 3 nitrogen and oxygen atoms in total. The molecule has 1 radical (unpaired) electrons. The van der Waals surface area contributed by atoms with Gasteiger partial charge in [-0.2, -0.15) is 0 Å². The molecule has 0 saturated carbocycles. The Morgan fingerprint density at radius 3 is 2.07 bits per heavy atom. The van der Waals surface area contributed by atoms with Crippen LogP contribution in [0.25, 0.3) is 21.9 Å². The normalized spacial score (nSPS) is 11.8. The minimum Gasteiger partial charge on any atom is -0.497 e. The fraction of sp³-hybridized carbons (Fsp3) is 0.115. The zero-order valence-electron chi connectivity index (χ0n) is 16.6. The molecule has 0 aliphatic heterocycles. The topological polar surface area (TPSA) is 27.7 Å². The van der Waals surface area contributed by atoms with Crippen molar-refractivity contribution in [3.63, 3.8) is 0 Å². The van der Waals surface area contributed by atoms with E-state index in [0.29, 0.717) is 0 Å². The largest absolute Gasteiger partial charge is 0.497 e. The Hall–Kier alpha value is -3.46. The Bertz CT molecular complexity index is 1100. The Morgan fingerprint density at radius 1 is 0.690 bits per heavy atom. The summed E-state index contributed by atoms with van der Waals surface area (Å²) < 4.78 is 16.9.